The number of hydrogen-bond acceptors (Lipinski definition) is 5. The van der Waals surface area contributed by atoms with Gasteiger partial charge in [-0.15, -0.1) is 0 Å². The van der Waals surface area contributed by atoms with Gasteiger partial charge in [-0.3, -0.25) is 0 Å². The number of sulfonamides is 1. The molecule has 1 N–H and O–H groups in total. The van der Waals surface area contributed by atoms with E-state index < -0.39 is 34.5 Å². The van der Waals surface area contributed by atoms with Crippen LogP contribution in [0.3, 0.4) is 0 Å². The maximum absolute atomic E-state index is 13.2. The van der Waals surface area contributed by atoms with Crippen molar-refractivity contribution in [2.45, 2.75) is 49.3 Å². The minimum Gasteiger partial charge on any atom is -0.391 e. The van der Waals surface area contributed by atoms with Gasteiger partial charge >= 0.3 is 0 Å². The standard InChI is InChI=1S/C20H23NO5S/c1-14-7-9-16(10-8-14)27(23,24)21-17-13-26-20(21)19(11-18(17)22)25-12-15-5-3-2-4-6-15/h2-10,17-20,22H,11-13H2,1H3/t17-,18-,19-,20+/m0/s1. The molecule has 2 fully saturated rings. The van der Waals surface area contributed by atoms with Gasteiger partial charge in [0.15, 0.2) is 6.23 Å². The third kappa shape index (κ3) is 3.53. The maximum atomic E-state index is 13.2. The molecular weight excluding hydrogens is 366 g/mol. The molecule has 2 aromatic carbocycles. The summed E-state index contributed by atoms with van der Waals surface area (Å²) in [5, 5.41) is 10.5. The number of piperidine rings is 1. The quantitative estimate of drug-likeness (QED) is 0.847. The van der Waals surface area contributed by atoms with Crippen molar-refractivity contribution >= 4 is 10.0 Å². The summed E-state index contributed by atoms with van der Waals surface area (Å²) in [4.78, 5) is 0.199. The predicted molar refractivity (Wildman–Crippen MR) is 99.4 cm³/mol. The molecule has 27 heavy (non-hydrogen) atoms. The van der Waals surface area contributed by atoms with Gasteiger partial charge in [-0.1, -0.05) is 48.0 Å². The molecule has 144 valence electrons. The number of benzene rings is 2. The van der Waals surface area contributed by atoms with Crippen LogP contribution in [-0.2, 0) is 26.1 Å². The van der Waals surface area contributed by atoms with Crippen LogP contribution in [0.25, 0.3) is 0 Å². The first-order valence-corrected chi connectivity index (χ1v) is 10.5. The normalized spacial score (nSPS) is 28.4. The molecule has 2 aliphatic heterocycles. The van der Waals surface area contributed by atoms with Crippen molar-refractivity contribution < 1.29 is 23.0 Å². The van der Waals surface area contributed by atoms with Crippen LogP contribution in [0.5, 0.6) is 0 Å². The van der Waals surface area contributed by atoms with Crippen LogP contribution in [-0.4, -0.2) is 48.9 Å². The molecular formula is C20H23NO5S. The Hall–Kier alpha value is -1.77. The van der Waals surface area contributed by atoms with Crippen LogP contribution in [0.15, 0.2) is 59.5 Å². The van der Waals surface area contributed by atoms with E-state index in [1.807, 2.05) is 37.3 Å². The lowest BCUT2D eigenvalue weighted by atomic mass is 10.0. The average molecular weight is 389 g/mol. The van der Waals surface area contributed by atoms with Gasteiger partial charge in [0, 0.05) is 6.42 Å². The molecule has 0 radical (unpaired) electrons. The molecule has 2 aromatic rings. The van der Waals surface area contributed by atoms with Crippen molar-refractivity contribution in [3.05, 3.63) is 65.7 Å². The Morgan fingerprint density at radius 1 is 1.15 bits per heavy atom. The summed E-state index contributed by atoms with van der Waals surface area (Å²) in [5.74, 6) is 0. The molecule has 2 heterocycles. The van der Waals surface area contributed by atoms with Crippen LogP contribution >= 0.6 is 0 Å². The van der Waals surface area contributed by atoms with Gasteiger partial charge in [-0.05, 0) is 24.6 Å². The van der Waals surface area contributed by atoms with Crippen LogP contribution < -0.4 is 0 Å². The molecule has 2 aliphatic rings. The van der Waals surface area contributed by atoms with Crippen LogP contribution in [0.1, 0.15) is 17.5 Å². The Morgan fingerprint density at radius 3 is 2.56 bits per heavy atom. The van der Waals surface area contributed by atoms with E-state index in [2.05, 4.69) is 0 Å². The smallest absolute Gasteiger partial charge is 0.245 e. The predicted octanol–water partition coefficient (Wildman–Crippen LogP) is 2.06. The van der Waals surface area contributed by atoms with Crippen molar-refractivity contribution in [2.75, 3.05) is 6.61 Å². The average Bonchev–Trinajstić information content (AvgIpc) is 3.06. The van der Waals surface area contributed by atoms with Crippen molar-refractivity contribution in [2.24, 2.45) is 0 Å². The Labute approximate surface area is 159 Å². The number of aliphatic hydroxyl groups is 1. The molecule has 0 unspecified atom stereocenters. The van der Waals surface area contributed by atoms with E-state index >= 15 is 0 Å². The second-order valence-corrected chi connectivity index (χ2v) is 8.92. The number of aliphatic hydroxyl groups excluding tert-OH is 1. The Bertz CT molecular complexity index is 884. The first kappa shape index (κ1) is 18.6. The van der Waals surface area contributed by atoms with Gasteiger partial charge in [-0.2, -0.15) is 4.31 Å². The Kier molecular flexibility index (Phi) is 5.05. The van der Waals surface area contributed by atoms with Crippen molar-refractivity contribution in [3.63, 3.8) is 0 Å². The molecule has 0 amide bonds. The molecule has 6 nitrogen and oxygen atoms in total. The lowest BCUT2D eigenvalue weighted by molar-refractivity contribution is -0.115. The number of fused-ring (bicyclic) bond motifs is 2. The van der Waals surface area contributed by atoms with Crippen molar-refractivity contribution in [1.82, 2.24) is 4.31 Å². The summed E-state index contributed by atoms with van der Waals surface area (Å²) in [6, 6.07) is 15.8. The summed E-state index contributed by atoms with van der Waals surface area (Å²) >= 11 is 0. The zero-order chi connectivity index (χ0) is 19.0. The van der Waals surface area contributed by atoms with Gasteiger partial charge in [0.2, 0.25) is 10.0 Å². The summed E-state index contributed by atoms with van der Waals surface area (Å²) in [6.07, 6.45) is -1.74. The lowest BCUT2D eigenvalue weighted by Crippen LogP contribution is -2.57. The molecule has 4 rings (SSSR count). The first-order chi connectivity index (χ1) is 13.0. The molecule has 0 aromatic heterocycles. The number of hydrogen-bond donors (Lipinski definition) is 1. The highest BCUT2D eigenvalue weighted by molar-refractivity contribution is 7.89. The van der Waals surface area contributed by atoms with E-state index in [0.29, 0.717) is 13.0 Å². The zero-order valence-electron chi connectivity index (χ0n) is 15.1. The van der Waals surface area contributed by atoms with Gasteiger partial charge in [-0.25, -0.2) is 8.42 Å². The summed E-state index contributed by atoms with van der Waals surface area (Å²) in [6.45, 7) is 2.41. The highest BCUT2D eigenvalue weighted by Gasteiger charge is 2.54. The Morgan fingerprint density at radius 2 is 1.85 bits per heavy atom. The fraction of sp³-hybridized carbons (Fsp3) is 0.400. The van der Waals surface area contributed by atoms with E-state index in [9.17, 15) is 13.5 Å². The van der Waals surface area contributed by atoms with E-state index in [1.165, 1.54) is 4.31 Å². The fourth-order valence-electron chi connectivity index (χ4n) is 3.67. The van der Waals surface area contributed by atoms with E-state index in [-0.39, 0.29) is 11.5 Å². The van der Waals surface area contributed by atoms with Gasteiger partial charge < -0.3 is 14.6 Å². The first-order valence-electron chi connectivity index (χ1n) is 9.02. The number of rotatable bonds is 5. The SMILES string of the molecule is Cc1ccc(S(=O)(=O)N2[C@@H]3OC[C@H]2[C@@H](O)C[C@@H]3OCc2ccccc2)cc1. The molecule has 0 saturated carbocycles. The molecule has 7 heteroatoms. The molecule has 2 saturated heterocycles. The van der Waals surface area contributed by atoms with Crippen LogP contribution in [0, 0.1) is 6.92 Å². The van der Waals surface area contributed by atoms with Crippen molar-refractivity contribution in [3.8, 4) is 0 Å². The second kappa shape index (κ2) is 7.33. The number of aryl methyl sites for hydroxylation is 1. The third-order valence-electron chi connectivity index (χ3n) is 5.15. The summed E-state index contributed by atoms with van der Waals surface area (Å²) < 4.78 is 39.4. The zero-order valence-corrected chi connectivity index (χ0v) is 15.9. The van der Waals surface area contributed by atoms with Gasteiger partial charge in [0.05, 0.1) is 30.3 Å². The molecule has 4 atom stereocenters. The third-order valence-corrected chi connectivity index (χ3v) is 7.06. The molecule has 0 aliphatic carbocycles. The maximum Gasteiger partial charge on any atom is 0.245 e. The largest absolute Gasteiger partial charge is 0.391 e. The van der Waals surface area contributed by atoms with Gasteiger partial charge in [0.1, 0.15) is 6.10 Å². The highest BCUT2D eigenvalue weighted by atomic mass is 32.2. The molecule has 2 bridgehead atoms. The van der Waals surface area contributed by atoms with Crippen molar-refractivity contribution in [1.29, 1.82) is 0 Å². The highest BCUT2D eigenvalue weighted by Crippen LogP contribution is 2.37. The topological polar surface area (TPSA) is 76.1 Å². The second-order valence-electron chi connectivity index (χ2n) is 7.08. The van der Waals surface area contributed by atoms with Gasteiger partial charge in [0.25, 0.3) is 0 Å². The van der Waals surface area contributed by atoms with Crippen LogP contribution in [0.2, 0.25) is 0 Å². The van der Waals surface area contributed by atoms with E-state index in [1.54, 1.807) is 24.3 Å². The van der Waals surface area contributed by atoms with E-state index in [0.717, 1.165) is 11.1 Å². The Balaban J connectivity index is 1.58. The summed E-state index contributed by atoms with van der Waals surface area (Å²) in [5.41, 5.74) is 1.97. The van der Waals surface area contributed by atoms with E-state index in [4.69, 9.17) is 9.47 Å². The number of ether oxygens (including phenoxy) is 2. The number of nitrogens with zero attached hydrogens (tertiary/aromatic N) is 1. The van der Waals surface area contributed by atoms with Crippen LogP contribution in [0.4, 0.5) is 0 Å². The molecule has 0 spiro atoms. The lowest BCUT2D eigenvalue weighted by Gasteiger charge is -2.39. The summed E-state index contributed by atoms with van der Waals surface area (Å²) in [7, 11) is -3.80. The monoisotopic (exact) mass is 389 g/mol. The minimum atomic E-state index is -3.80. The minimum absolute atomic E-state index is 0.169. The fourth-order valence-corrected chi connectivity index (χ4v) is 5.42.